The van der Waals surface area contributed by atoms with Gasteiger partial charge in [0.05, 0.1) is 6.10 Å². The summed E-state index contributed by atoms with van der Waals surface area (Å²) >= 11 is 0. The first kappa shape index (κ1) is 16.4. The molecule has 126 valence electrons. The number of likely N-dealkylation sites (tertiary alicyclic amines) is 2. The lowest BCUT2D eigenvalue weighted by Gasteiger charge is -2.35. The lowest BCUT2D eigenvalue weighted by molar-refractivity contribution is -0.130. The van der Waals surface area contributed by atoms with E-state index in [0.717, 1.165) is 44.3 Å². The number of carbonyl (C=O) groups excluding carboxylic acids is 1. The second kappa shape index (κ2) is 6.97. The largest absolute Gasteiger partial charge is 0.387 e. The molecule has 1 N–H and O–H groups in total. The van der Waals surface area contributed by atoms with Crippen molar-refractivity contribution < 1.29 is 14.3 Å². The van der Waals surface area contributed by atoms with Gasteiger partial charge in [-0.2, -0.15) is 0 Å². The fourth-order valence-corrected chi connectivity index (χ4v) is 4.11. The first-order valence-corrected chi connectivity index (χ1v) is 8.51. The molecule has 0 bridgehead atoms. The van der Waals surface area contributed by atoms with Crippen molar-refractivity contribution in [2.24, 2.45) is 0 Å². The van der Waals surface area contributed by atoms with E-state index in [1.165, 1.54) is 12.1 Å². The summed E-state index contributed by atoms with van der Waals surface area (Å²) in [5, 5.41) is 10.5. The van der Waals surface area contributed by atoms with E-state index in [0.29, 0.717) is 12.6 Å². The van der Waals surface area contributed by atoms with Gasteiger partial charge in [-0.1, -0.05) is 12.1 Å². The van der Waals surface area contributed by atoms with E-state index < -0.39 is 6.10 Å². The van der Waals surface area contributed by atoms with Crippen molar-refractivity contribution in [2.75, 3.05) is 19.6 Å². The molecule has 3 rings (SSSR count). The summed E-state index contributed by atoms with van der Waals surface area (Å²) in [6, 6.07) is 6.65. The number of hydrogen-bond donors (Lipinski definition) is 1. The zero-order valence-corrected chi connectivity index (χ0v) is 13.6. The van der Waals surface area contributed by atoms with Crippen LogP contribution in [0.2, 0.25) is 0 Å². The summed E-state index contributed by atoms with van der Waals surface area (Å²) in [5.74, 6) is -0.138. The van der Waals surface area contributed by atoms with Gasteiger partial charge in [-0.25, -0.2) is 4.39 Å². The molecule has 2 aliphatic heterocycles. The Morgan fingerprint density at radius 3 is 2.57 bits per heavy atom. The zero-order valence-electron chi connectivity index (χ0n) is 13.6. The number of aliphatic hydroxyl groups is 1. The monoisotopic (exact) mass is 320 g/mol. The number of benzene rings is 1. The minimum atomic E-state index is -0.622. The molecule has 1 amide bonds. The van der Waals surface area contributed by atoms with Crippen molar-refractivity contribution >= 4 is 5.91 Å². The van der Waals surface area contributed by atoms with Crippen LogP contribution in [-0.4, -0.2) is 52.5 Å². The van der Waals surface area contributed by atoms with Crippen LogP contribution in [-0.2, 0) is 4.79 Å². The highest BCUT2D eigenvalue weighted by Gasteiger charge is 2.39. The number of aliphatic hydroxyl groups excluding tert-OH is 1. The van der Waals surface area contributed by atoms with Gasteiger partial charge in [-0.05, 0) is 49.9 Å². The minimum absolute atomic E-state index is 0.151. The van der Waals surface area contributed by atoms with Gasteiger partial charge < -0.3 is 10.0 Å². The van der Waals surface area contributed by atoms with Crippen LogP contribution in [0.5, 0.6) is 0 Å². The molecule has 0 spiro atoms. The number of hydrogen-bond acceptors (Lipinski definition) is 3. The maximum Gasteiger partial charge on any atom is 0.219 e. The van der Waals surface area contributed by atoms with Crippen molar-refractivity contribution in [3.63, 3.8) is 0 Å². The highest BCUT2D eigenvalue weighted by atomic mass is 19.1. The van der Waals surface area contributed by atoms with Crippen LogP contribution in [0.3, 0.4) is 0 Å². The van der Waals surface area contributed by atoms with Gasteiger partial charge >= 0.3 is 0 Å². The molecule has 3 atom stereocenters. The number of amides is 1. The molecular weight excluding hydrogens is 295 g/mol. The second-order valence-corrected chi connectivity index (χ2v) is 6.69. The Hall–Kier alpha value is -1.46. The molecule has 2 saturated heterocycles. The Balaban J connectivity index is 1.67. The highest BCUT2D eigenvalue weighted by molar-refractivity contribution is 5.74. The van der Waals surface area contributed by atoms with Crippen LogP contribution in [0.4, 0.5) is 4.39 Å². The van der Waals surface area contributed by atoms with Gasteiger partial charge in [0.1, 0.15) is 5.82 Å². The molecule has 0 saturated carbocycles. The number of halogens is 1. The second-order valence-electron chi connectivity index (χ2n) is 6.69. The number of carbonyl (C=O) groups is 1. The van der Waals surface area contributed by atoms with E-state index in [-0.39, 0.29) is 17.8 Å². The van der Waals surface area contributed by atoms with E-state index >= 15 is 0 Å². The van der Waals surface area contributed by atoms with Crippen LogP contribution < -0.4 is 0 Å². The third-order valence-electron chi connectivity index (χ3n) is 5.22. The summed E-state index contributed by atoms with van der Waals surface area (Å²) in [6.07, 6.45) is 3.67. The first-order valence-electron chi connectivity index (χ1n) is 8.51. The van der Waals surface area contributed by atoms with Crippen molar-refractivity contribution in [3.8, 4) is 0 Å². The average Bonchev–Trinajstić information content (AvgIpc) is 3.15. The van der Waals surface area contributed by atoms with Gasteiger partial charge in [-0.3, -0.25) is 9.69 Å². The third kappa shape index (κ3) is 3.56. The predicted molar refractivity (Wildman–Crippen MR) is 86.4 cm³/mol. The quantitative estimate of drug-likeness (QED) is 0.926. The molecule has 2 fully saturated rings. The number of rotatable bonds is 4. The molecular formula is C18H25FN2O2. The highest BCUT2D eigenvalue weighted by Crippen LogP contribution is 2.31. The molecule has 1 aromatic carbocycles. The normalized spacial score (nSPS) is 26.7. The summed E-state index contributed by atoms with van der Waals surface area (Å²) in [6.45, 7) is 3.99. The molecule has 5 heteroatoms. The molecule has 3 unspecified atom stereocenters. The lowest BCUT2D eigenvalue weighted by atomic mass is 10.0. The molecule has 2 heterocycles. The summed E-state index contributed by atoms with van der Waals surface area (Å²) in [7, 11) is 0. The van der Waals surface area contributed by atoms with Crippen molar-refractivity contribution in [1.82, 2.24) is 9.80 Å². The maximum atomic E-state index is 13.0. The average molecular weight is 320 g/mol. The van der Waals surface area contributed by atoms with Crippen LogP contribution in [0.1, 0.15) is 44.3 Å². The van der Waals surface area contributed by atoms with E-state index in [2.05, 4.69) is 4.90 Å². The van der Waals surface area contributed by atoms with Crippen LogP contribution in [0, 0.1) is 5.82 Å². The SMILES string of the molecule is CC(=O)N1CCCC1C1CCCN1CC(O)c1ccc(F)cc1. The Morgan fingerprint density at radius 1 is 1.22 bits per heavy atom. The first-order chi connectivity index (χ1) is 11.1. The van der Waals surface area contributed by atoms with Crippen molar-refractivity contribution in [3.05, 3.63) is 35.6 Å². The number of nitrogens with zero attached hydrogens (tertiary/aromatic N) is 2. The topological polar surface area (TPSA) is 43.8 Å². The third-order valence-corrected chi connectivity index (χ3v) is 5.22. The van der Waals surface area contributed by atoms with Gasteiger partial charge in [0, 0.05) is 32.1 Å². The van der Waals surface area contributed by atoms with E-state index in [1.807, 2.05) is 4.90 Å². The fourth-order valence-electron chi connectivity index (χ4n) is 4.11. The fraction of sp³-hybridized carbons (Fsp3) is 0.611. The van der Waals surface area contributed by atoms with Gasteiger partial charge in [0.25, 0.3) is 0 Å². The van der Waals surface area contributed by atoms with Crippen LogP contribution in [0.15, 0.2) is 24.3 Å². The van der Waals surface area contributed by atoms with Crippen LogP contribution >= 0.6 is 0 Å². The maximum absolute atomic E-state index is 13.0. The molecule has 0 aromatic heterocycles. The summed E-state index contributed by atoms with van der Waals surface area (Å²) < 4.78 is 13.0. The molecule has 1 aromatic rings. The lowest BCUT2D eigenvalue weighted by Crippen LogP contribution is -2.48. The number of β-amino-alcohol motifs (C(OH)–C–C–N with tert-alkyl or cyclic N) is 1. The summed E-state index contributed by atoms with van der Waals surface area (Å²) in [5.41, 5.74) is 0.742. The van der Waals surface area contributed by atoms with Crippen molar-refractivity contribution in [2.45, 2.75) is 50.8 Å². The predicted octanol–water partition coefficient (Wildman–Crippen LogP) is 2.33. The molecule has 0 aliphatic carbocycles. The Morgan fingerprint density at radius 2 is 1.87 bits per heavy atom. The van der Waals surface area contributed by atoms with E-state index in [4.69, 9.17) is 0 Å². The molecule has 0 radical (unpaired) electrons. The van der Waals surface area contributed by atoms with Crippen molar-refractivity contribution in [1.29, 1.82) is 0 Å². The molecule has 4 nitrogen and oxygen atoms in total. The van der Waals surface area contributed by atoms with Crippen LogP contribution in [0.25, 0.3) is 0 Å². The van der Waals surface area contributed by atoms with Gasteiger partial charge in [0.15, 0.2) is 0 Å². The summed E-state index contributed by atoms with van der Waals surface area (Å²) in [4.78, 5) is 16.1. The molecule has 2 aliphatic rings. The standard InChI is InChI=1S/C18H25FN2O2/c1-13(22)21-11-3-5-17(21)16-4-2-10-20(16)12-18(23)14-6-8-15(19)9-7-14/h6-9,16-18,23H,2-5,10-12H2,1H3. The smallest absolute Gasteiger partial charge is 0.219 e. The van der Waals surface area contributed by atoms with Gasteiger partial charge in [-0.15, -0.1) is 0 Å². The van der Waals surface area contributed by atoms with Gasteiger partial charge in [0.2, 0.25) is 5.91 Å². The Bertz CT molecular complexity index is 548. The minimum Gasteiger partial charge on any atom is -0.387 e. The Kier molecular flexibility index (Phi) is 4.97. The zero-order chi connectivity index (χ0) is 16.4. The molecule has 23 heavy (non-hydrogen) atoms. The van der Waals surface area contributed by atoms with E-state index in [1.54, 1.807) is 19.1 Å². The Labute approximate surface area is 136 Å². The van der Waals surface area contributed by atoms with E-state index in [9.17, 15) is 14.3 Å².